The first-order valence-electron chi connectivity index (χ1n) is 12.7. The van der Waals surface area contributed by atoms with Crippen LogP contribution in [-0.4, -0.2) is 21.0 Å². The van der Waals surface area contributed by atoms with Gasteiger partial charge in [-0.3, -0.25) is 9.59 Å². The first kappa shape index (κ1) is 21.8. The van der Waals surface area contributed by atoms with Crippen LogP contribution in [-0.2, 0) is 22.7 Å². The molecule has 0 bridgehead atoms. The average molecular weight is 463 g/mol. The summed E-state index contributed by atoms with van der Waals surface area (Å²) in [6.45, 7) is 5.32. The van der Waals surface area contributed by atoms with Crippen molar-refractivity contribution >= 4 is 22.5 Å². The molecule has 4 heteroatoms. The minimum absolute atomic E-state index is 0.194. The van der Waals surface area contributed by atoms with Crippen LogP contribution in [0.2, 0.25) is 0 Å². The number of nitrogens with zero attached hydrogens (tertiary/aromatic N) is 2. The third-order valence-electron chi connectivity index (χ3n) is 7.73. The highest BCUT2D eigenvalue weighted by Gasteiger charge is 2.44. The van der Waals surface area contributed by atoms with Crippen LogP contribution in [0.3, 0.4) is 0 Å². The molecule has 3 aliphatic rings. The Hall–Kier alpha value is -3.66. The molecular weight excluding hydrogens is 432 g/mol. The minimum Gasteiger partial charge on any atom is -0.343 e. The second-order valence-electron chi connectivity index (χ2n) is 9.82. The van der Waals surface area contributed by atoms with Gasteiger partial charge in [0.1, 0.15) is 0 Å². The molecule has 35 heavy (non-hydrogen) atoms. The van der Waals surface area contributed by atoms with Crippen molar-refractivity contribution in [1.82, 2.24) is 9.47 Å². The molecule has 2 heterocycles. The zero-order valence-electron chi connectivity index (χ0n) is 20.0. The van der Waals surface area contributed by atoms with E-state index in [1.807, 2.05) is 24.3 Å². The number of allylic oxidation sites excluding steroid dienone is 5. The largest absolute Gasteiger partial charge is 0.343 e. The molecule has 1 aromatic heterocycles. The molecule has 0 amide bonds. The molecule has 1 aliphatic heterocycles. The van der Waals surface area contributed by atoms with E-state index in [0.717, 1.165) is 64.7 Å². The summed E-state index contributed by atoms with van der Waals surface area (Å²) in [6, 6.07) is 18.7. The van der Waals surface area contributed by atoms with E-state index in [9.17, 15) is 9.59 Å². The first-order valence-corrected chi connectivity index (χ1v) is 12.7. The molecule has 0 saturated carbocycles. The Morgan fingerprint density at radius 3 is 2.11 bits per heavy atom. The van der Waals surface area contributed by atoms with E-state index in [0.29, 0.717) is 25.9 Å². The van der Waals surface area contributed by atoms with Gasteiger partial charge in [0, 0.05) is 71.5 Å². The summed E-state index contributed by atoms with van der Waals surface area (Å²) in [4.78, 5) is 29.6. The van der Waals surface area contributed by atoms with Gasteiger partial charge in [0.25, 0.3) is 0 Å². The smallest absolute Gasteiger partial charge is 0.161 e. The van der Waals surface area contributed by atoms with E-state index in [2.05, 4.69) is 58.6 Å². The molecule has 0 fully saturated rings. The van der Waals surface area contributed by atoms with Crippen molar-refractivity contribution in [1.29, 1.82) is 0 Å². The number of fused-ring (bicyclic) bond motifs is 1. The number of aromatic nitrogens is 1. The predicted molar refractivity (Wildman–Crippen MR) is 139 cm³/mol. The summed E-state index contributed by atoms with van der Waals surface area (Å²) >= 11 is 0. The molecule has 0 atom stereocenters. The number of para-hydroxylation sites is 1. The second kappa shape index (κ2) is 8.84. The maximum absolute atomic E-state index is 13.6. The number of carbonyl (C=O) groups excluding carboxylic acids is 2. The molecule has 2 aromatic carbocycles. The van der Waals surface area contributed by atoms with E-state index in [1.54, 1.807) is 0 Å². The second-order valence-corrected chi connectivity index (χ2v) is 9.82. The third kappa shape index (κ3) is 3.59. The standard InChI is InChI=1S/C31H30N2O2/c1-2-18-32-20-23(22-12-6-7-13-24(22)32)29-30-25(14-8-16-27(30)34)33(19-21-10-4-3-5-11-21)26-15-9-17-28(35)31(26)29/h2-7,10-13,20,29H,1,8-9,14-19H2. The monoisotopic (exact) mass is 462 g/mol. The Morgan fingerprint density at radius 1 is 0.829 bits per heavy atom. The SMILES string of the molecule is C=CCn1cc(C2C3=C(CCCC3=O)N(Cc3ccccc3)C3=C2C(=O)CCC3)c2ccccc21. The van der Waals surface area contributed by atoms with E-state index in [4.69, 9.17) is 0 Å². The molecular formula is C31H30N2O2. The molecule has 0 unspecified atom stereocenters. The zero-order valence-corrected chi connectivity index (χ0v) is 20.0. The Bertz CT molecular complexity index is 1360. The van der Waals surface area contributed by atoms with E-state index in [-0.39, 0.29) is 17.5 Å². The Balaban J connectivity index is 1.60. The van der Waals surface area contributed by atoms with Crippen molar-refractivity contribution in [2.45, 2.75) is 57.5 Å². The van der Waals surface area contributed by atoms with Crippen molar-refractivity contribution in [2.75, 3.05) is 0 Å². The molecule has 0 saturated heterocycles. The number of benzene rings is 2. The van der Waals surface area contributed by atoms with Crippen molar-refractivity contribution in [2.24, 2.45) is 0 Å². The van der Waals surface area contributed by atoms with Crippen molar-refractivity contribution < 1.29 is 9.59 Å². The fourth-order valence-electron chi connectivity index (χ4n) is 6.28. The molecule has 0 radical (unpaired) electrons. The summed E-state index contributed by atoms with van der Waals surface area (Å²) in [6.07, 6.45) is 8.64. The highest BCUT2D eigenvalue weighted by atomic mass is 16.1. The molecule has 0 spiro atoms. The summed E-state index contributed by atoms with van der Waals surface area (Å²) in [5.74, 6) is 0.100. The lowest BCUT2D eigenvalue weighted by Gasteiger charge is -2.44. The van der Waals surface area contributed by atoms with Crippen LogP contribution in [0.25, 0.3) is 10.9 Å². The van der Waals surface area contributed by atoms with Gasteiger partial charge in [0.05, 0.1) is 0 Å². The maximum atomic E-state index is 13.6. The molecule has 6 rings (SSSR count). The molecule has 176 valence electrons. The zero-order chi connectivity index (χ0) is 23.9. The number of hydrogen-bond donors (Lipinski definition) is 0. The lowest BCUT2D eigenvalue weighted by molar-refractivity contribution is -0.117. The predicted octanol–water partition coefficient (Wildman–Crippen LogP) is 6.44. The first-order chi connectivity index (χ1) is 17.2. The summed E-state index contributed by atoms with van der Waals surface area (Å²) in [5.41, 5.74) is 7.35. The molecule has 4 nitrogen and oxygen atoms in total. The van der Waals surface area contributed by atoms with Crippen molar-refractivity contribution in [3.8, 4) is 0 Å². The van der Waals surface area contributed by atoms with Crippen LogP contribution in [0, 0.1) is 0 Å². The summed E-state index contributed by atoms with van der Waals surface area (Å²) in [7, 11) is 0. The summed E-state index contributed by atoms with van der Waals surface area (Å²) in [5, 5.41) is 1.12. The van der Waals surface area contributed by atoms with Gasteiger partial charge in [-0.1, -0.05) is 54.6 Å². The summed E-state index contributed by atoms with van der Waals surface area (Å²) < 4.78 is 2.19. The number of carbonyl (C=O) groups is 2. The maximum Gasteiger partial charge on any atom is 0.161 e. The van der Waals surface area contributed by atoms with Gasteiger partial charge < -0.3 is 9.47 Å². The highest BCUT2D eigenvalue weighted by Crippen LogP contribution is 2.51. The third-order valence-corrected chi connectivity index (χ3v) is 7.73. The van der Waals surface area contributed by atoms with Gasteiger partial charge >= 0.3 is 0 Å². The van der Waals surface area contributed by atoms with Gasteiger partial charge in [-0.15, -0.1) is 6.58 Å². The highest BCUT2D eigenvalue weighted by molar-refractivity contribution is 6.07. The number of ketones is 2. The number of Topliss-reactive ketones (excluding diaryl/α,β-unsaturated/α-hetero) is 2. The fraction of sp³-hybridized carbons (Fsp3) is 0.290. The van der Waals surface area contributed by atoms with Crippen LogP contribution in [0.15, 0.2) is 96.0 Å². The van der Waals surface area contributed by atoms with Gasteiger partial charge in [-0.2, -0.15) is 0 Å². The van der Waals surface area contributed by atoms with Gasteiger partial charge in [0.15, 0.2) is 11.6 Å². The molecule has 3 aromatic rings. The van der Waals surface area contributed by atoms with Crippen LogP contribution in [0.1, 0.15) is 55.6 Å². The number of rotatable bonds is 5. The Labute approximate surface area is 206 Å². The van der Waals surface area contributed by atoms with E-state index >= 15 is 0 Å². The van der Waals surface area contributed by atoms with E-state index in [1.165, 1.54) is 5.56 Å². The quantitative estimate of drug-likeness (QED) is 0.410. The number of hydrogen-bond acceptors (Lipinski definition) is 3. The van der Waals surface area contributed by atoms with Crippen LogP contribution in [0.5, 0.6) is 0 Å². The van der Waals surface area contributed by atoms with Crippen LogP contribution >= 0.6 is 0 Å². The van der Waals surface area contributed by atoms with Crippen molar-refractivity contribution in [3.63, 3.8) is 0 Å². The van der Waals surface area contributed by atoms with Crippen LogP contribution in [0.4, 0.5) is 0 Å². The van der Waals surface area contributed by atoms with Gasteiger partial charge in [-0.05, 0) is 42.9 Å². The average Bonchev–Trinajstić information content (AvgIpc) is 3.24. The molecule has 0 N–H and O–H groups in total. The van der Waals surface area contributed by atoms with Gasteiger partial charge in [-0.25, -0.2) is 0 Å². The normalized spacial score (nSPS) is 18.8. The molecule has 2 aliphatic carbocycles. The Morgan fingerprint density at radius 2 is 1.46 bits per heavy atom. The van der Waals surface area contributed by atoms with Crippen LogP contribution < -0.4 is 0 Å². The Kier molecular flexibility index (Phi) is 5.52. The van der Waals surface area contributed by atoms with E-state index < -0.39 is 0 Å². The topological polar surface area (TPSA) is 42.3 Å². The van der Waals surface area contributed by atoms with Gasteiger partial charge in [0.2, 0.25) is 0 Å². The fourth-order valence-corrected chi connectivity index (χ4v) is 6.28. The lowest BCUT2D eigenvalue weighted by Crippen LogP contribution is -2.38. The van der Waals surface area contributed by atoms with Crippen molar-refractivity contribution in [3.05, 3.63) is 107 Å². The minimum atomic E-state index is -0.288. The lowest BCUT2D eigenvalue weighted by atomic mass is 9.71.